The third kappa shape index (κ3) is 3.45. The fourth-order valence-electron chi connectivity index (χ4n) is 1.41. The number of hydrogen-bond donors (Lipinski definition) is 0. The van der Waals surface area contributed by atoms with Gasteiger partial charge >= 0.3 is 0 Å². The molecule has 2 rings (SSSR count). The summed E-state index contributed by atoms with van der Waals surface area (Å²) in [5.41, 5.74) is 2.61. The molecule has 0 bridgehead atoms. The van der Waals surface area contributed by atoms with Gasteiger partial charge in [-0.1, -0.05) is 0 Å². The van der Waals surface area contributed by atoms with Crippen LogP contribution in [0.15, 0.2) is 30.5 Å². The van der Waals surface area contributed by atoms with Crippen molar-refractivity contribution >= 4 is 0 Å². The van der Waals surface area contributed by atoms with Gasteiger partial charge in [0, 0.05) is 32.0 Å². The van der Waals surface area contributed by atoms with Crippen molar-refractivity contribution in [3.05, 3.63) is 61.6 Å². The zero-order valence-electron chi connectivity index (χ0n) is 9.18. The molecule has 0 aliphatic heterocycles. The van der Waals surface area contributed by atoms with Crippen LogP contribution in [0.25, 0.3) is 11.4 Å². The van der Waals surface area contributed by atoms with E-state index in [1.54, 1.807) is 12.3 Å². The minimum Gasteiger partial charge on any atom is -0.285 e. The monoisotopic (exact) mass is 400 g/mol. The van der Waals surface area contributed by atoms with Gasteiger partial charge in [0.05, 0.1) is 5.82 Å². The number of nitrogens with zero attached hydrogens (tertiary/aromatic N) is 2. The Morgan fingerprint density at radius 3 is 2.65 bits per heavy atom. The summed E-state index contributed by atoms with van der Waals surface area (Å²) in [6.07, 6.45) is 2.57. The van der Waals surface area contributed by atoms with E-state index in [4.69, 9.17) is 13.8 Å². The minimum absolute atomic E-state index is 0. The number of benzene rings is 1. The van der Waals surface area contributed by atoms with Crippen molar-refractivity contribution in [3.8, 4) is 11.4 Å². The van der Waals surface area contributed by atoms with Crippen molar-refractivity contribution in [2.45, 2.75) is 12.8 Å². The Labute approximate surface area is 116 Å². The maximum Gasteiger partial charge on any atom is 0.0751 e. The van der Waals surface area contributed by atoms with E-state index in [1.165, 1.54) is 0 Å². The van der Waals surface area contributed by atoms with E-state index >= 15 is 0 Å². The van der Waals surface area contributed by atoms with Crippen molar-refractivity contribution in [1.29, 1.82) is 0 Å². The van der Waals surface area contributed by atoms with E-state index in [2.05, 4.69) is 16.0 Å². The first-order chi connectivity index (χ1) is 7.83. The second-order valence-corrected chi connectivity index (χ2v) is 3.37. The normalized spacial score (nSPS) is 9.76. The molecular formula is C14H11IrN2-. The van der Waals surface area contributed by atoms with E-state index < -0.39 is 0 Å². The van der Waals surface area contributed by atoms with Gasteiger partial charge in [0.25, 0.3) is 0 Å². The summed E-state index contributed by atoms with van der Waals surface area (Å²) < 4.78 is 0. The predicted octanol–water partition coefficient (Wildman–Crippen LogP) is 2.45. The van der Waals surface area contributed by atoms with E-state index in [-0.39, 0.29) is 20.1 Å². The third-order valence-electron chi connectivity index (χ3n) is 2.24. The van der Waals surface area contributed by atoms with Crippen molar-refractivity contribution in [2.24, 2.45) is 0 Å². The number of hydrogen-bond acceptors (Lipinski definition) is 2. The second kappa shape index (κ2) is 6.63. The van der Waals surface area contributed by atoms with Crippen LogP contribution in [0.3, 0.4) is 0 Å². The smallest absolute Gasteiger partial charge is 0.0751 e. The van der Waals surface area contributed by atoms with Crippen LogP contribution in [0, 0.1) is 19.9 Å². The number of aromatic nitrogens is 2. The van der Waals surface area contributed by atoms with Crippen LogP contribution < -0.4 is 0 Å². The second-order valence-electron chi connectivity index (χ2n) is 3.37. The zero-order chi connectivity index (χ0) is 11.4. The molecule has 0 aliphatic rings. The Hall–Kier alpha value is -1.05. The van der Waals surface area contributed by atoms with E-state index in [1.807, 2.05) is 18.2 Å². The van der Waals surface area contributed by atoms with Crippen molar-refractivity contribution in [2.75, 3.05) is 0 Å². The third-order valence-corrected chi connectivity index (χ3v) is 2.24. The van der Waals surface area contributed by atoms with Crippen LogP contribution in [0.5, 0.6) is 0 Å². The Morgan fingerprint density at radius 2 is 1.94 bits per heavy atom. The van der Waals surface area contributed by atoms with Gasteiger partial charge in [0.2, 0.25) is 0 Å². The molecule has 87 valence electrons. The molecule has 0 N–H and O–H groups in total. The quantitative estimate of drug-likeness (QED) is 0.741. The summed E-state index contributed by atoms with van der Waals surface area (Å²) >= 11 is 0. The molecule has 0 saturated carbocycles. The summed E-state index contributed by atoms with van der Waals surface area (Å²) in [4.78, 5) is 8.52. The van der Waals surface area contributed by atoms with E-state index in [0.717, 1.165) is 16.8 Å². The molecule has 1 heterocycles. The van der Waals surface area contributed by atoms with Gasteiger partial charge in [0.1, 0.15) is 0 Å². The molecule has 0 amide bonds. The Kier molecular flexibility index (Phi) is 5.46. The molecule has 0 atom stereocenters. The Morgan fingerprint density at radius 1 is 1.12 bits per heavy atom. The molecule has 0 fully saturated rings. The standard InChI is InChI=1S/C14H11N2.Ir/c1-3-11-6-5-7-12(10-11)14-15-9-8-13(4-2)16-14;/h1-2,5-9H,3-4H2;/q-1;. The van der Waals surface area contributed by atoms with Crippen LogP contribution in [-0.2, 0) is 32.9 Å². The molecule has 1 aromatic carbocycles. The minimum atomic E-state index is 0. The van der Waals surface area contributed by atoms with E-state index in [9.17, 15) is 0 Å². The Balaban J connectivity index is 0.00000144. The van der Waals surface area contributed by atoms with Gasteiger partial charge in [-0.05, 0) is 32.8 Å². The van der Waals surface area contributed by atoms with Crippen molar-refractivity contribution in [1.82, 2.24) is 9.97 Å². The molecule has 2 aromatic rings. The fraction of sp³-hybridized carbons (Fsp3) is 0.143. The molecule has 0 saturated heterocycles. The molecule has 1 aromatic heterocycles. The topological polar surface area (TPSA) is 25.8 Å². The molecular weight excluding hydrogens is 388 g/mol. The molecule has 0 aliphatic carbocycles. The molecule has 3 heteroatoms. The molecule has 0 spiro atoms. The van der Waals surface area contributed by atoms with Gasteiger partial charge in [-0.15, -0.1) is 35.4 Å². The van der Waals surface area contributed by atoms with Gasteiger partial charge in [-0.25, -0.2) is 0 Å². The summed E-state index contributed by atoms with van der Waals surface area (Å²) in [6.45, 7) is 11.1. The van der Waals surface area contributed by atoms with Crippen molar-refractivity contribution < 1.29 is 20.1 Å². The fourth-order valence-corrected chi connectivity index (χ4v) is 1.41. The molecule has 5 radical (unpaired) electrons. The summed E-state index contributed by atoms with van der Waals surface area (Å²) in [5, 5.41) is 0. The maximum absolute atomic E-state index is 5.56. The van der Waals surface area contributed by atoms with Crippen LogP contribution in [0.2, 0.25) is 0 Å². The average molecular weight is 399 g/mol. The summed E-state index contributed by atoms with van der Waals surface area (Å²) in [7, 11) is 0. The number of rotatable bonds is 3. The van der Waals surface area contributed by atoms with E-state index in [0.29, 0.717) is 18.7 Å². The largest absolute Gasteiger partial charge is 0.285 e. The molecule has 17 heavy (non-hydrogen) atoms. The van der Waals surface area contributed by atoms with Crippen LogP contribution in [0.1, 0.15) is 11.3 Å². The molecule has 2 nitrogen and oxygen atoms in total. The first-order valence-electron chi connectivity index (χ1n) is 5.07. The van der Waals surface area contributed by atoms with Crippen LogP contribution in [-0.4, -0.2) is 9.97 Å². The van der Waals surface area contributed by atoms with Crippen molar-refractivity contribution in [3.63, 3.8) is 0 Å². The first kappa shape index (κ1) is 14.0. The van der Waals surface area contributed by atoms with Crippen LogP contribution in [0.4, 0.5) is 0 Å². The molecule has 0 unspecified atom stereocenters. The summed E-state index contributed by atoms with van der Waals surface area (Å²) in [6, 6.07) is 10.7. The predicted molar refractivity (Wildman–Crippen MR) is 62.3 cm³/mol. The van der Waals surface area contributed by atoms with Gasteiger partial charge < -0.3 is 0 Å². The van der Waals surface area contributed by atoms with Gasteiger partial charge in [-0.2, -0.15) is 0 Å². The van der Waals surface area contributed by atoms with Gasteiger partial charge in [0.15, 0.2) is 0 Å². The SMILES string of the molecule is [CH]Cc1[c-]c(-c2nccc(C[CH])n2)ccc1.[Ir]. The Bertz CT molecular complexity index is 438. The maximum atomic E-state index is 5.56. The summed E-state index contributed by atoms with van der Waals surface area (Å²) in [5.74, 6) is 0.637. The van der Waals surface area contributed by atoms with Gasteiger partial charge in [-0.3, -0.25) is 9.97 Å². The average Bonchev–Trinajstić information content (AvgIpc) is 2.39. The zero-order valence-corrected chi connectivity index (χ0v) is 11.6. The van der Waals surface area contributed by atoms with Crippen LogP contribution >= 0.6 is 0 Å². The first-order valence-corrected chi connectivity index (χ1v) is 5.07.